The zero-order valence-electron chi connectivity index (χ0n) is 16.9. The molecule has 3 aromatic rings. The number of benzene rings is 3. The Hall–Kier alpha value is -4.26. The van der Waals surface area contributed by atoms with Gasteiger partial charge in [0.25, 0.3) is 11.6 Å². The van der Waals surface area contributed by atoms with Gasteiger partial charge in [-0.2, -0.15) is 0 Å². The monoisotopic (exact) mass is 415 g/mol. The molecule has 0 aromatic heterocycles. The van der Waals surface area contributed by atoms with Crippen LogP contribution in [0.15, 0.2) is 78.9 Å². The van der Waals surface area contributed by atoms with Crippen LogP contribution in [0.4, 0.5) is 11.4 Å². The molecule has 0 unspecified atom stereocenters. The summed E-state index contributed by atoms with van der Waals surface area (Å²) in [5.41, 5.74) is 2.99. The van der Waals surface area contributed by atoms with E-state index in [4.69, 9.17) is 0 Å². The molecule has 0 bridgehead atoms. The number of nitro benzene ring substituents is 1. The van der Waals surface area contributed by atoms with Crippen LogP contribution in [0.3, 0.4) is 0 Å². The van der Waals surface area contributed by atoms with Crippen LogP contribution in [0, 0.1) is 17.0 Å². The van der Waals surface area contributed by atoms with Crippen molar-refractivity contribution in [2.45, 2.75) is 13.5 Å². The first kappa shape index (κ1) is 21.4. The summed E-state index contributed by atoms with van der Waals surface area (Å²) >= 11 is 0. The van der Waals surface area contributed by atoms with E-state index in [0.717, 1.165) is 11.1 Å². The van der Waals surface area contributed by atoms with Gasteiger partial charge in [-0.05, 0) is 36.8 Å². The fourth-order valence-electron chi connectivity index (χ4n) is 2.91. The van der Waals surface area contributed by atoms with Crippen LogP contribution in [-0.4, -0.2) is 16.7 Å². The van der Waals surface area contributed by atoms with Gasteiger partial charge in [-0.25, -0.2) is 0 Å². The summed E-state index contributed by atoms with van der Waals surface area (Å²) in [6.45, 7) is 2.35. The molecule has 7 nitrogen and oxygen atoms in total. The average Bonchev–Trinajstić information content (AvgIpc) is 2.77. The maximum Gasteiger partial charge on any atom is 0.276 e. The van der Waals surface area contributed by atoms with Crippen LogP contribution >= 0.6 is 0 Å². The number of carbonyl (C=O) groups excluding carboxylic acids is 2. The molecule has 31 heavy (non-hydrogen) atoms. The van der Waals surface area contributed by atoms with E-state index in [1.165, 1.54) is 18.2 Å². The van der Waals surface area contributed by atoms with Gasteiger partial charge in [0.2, 0.25) is 5.91 Å². The molecule has 2 amide bonds. The van der Waals surface area contributed by atoms with E-state index in [2.05, 4.69) is 10.6 Å². The minimum atomic E-state index is -0.509. The highest BCUT2D eigenvalue weighted by atomic mass is 16.6. The molecule has 0 aliphatic carbocycles. The van der Waals surface area contributed by atoms with E-state index in [1.54, 1.807) is 42.5 Å². The van der Waals surface area contributed by atoms with Gasteiger partial charge >= 0.3 is 0 Å². The molecule has 0 atom stereocenters. The Morgan fingerprint density at radius 2 is 1.65 bits per heavy atom. The fraction of sp³-hybridized carbons (Fsp3) is 0.0833. The highest BCUT2D eigenvalue weighted by Crippen LogP contribution is 2.19. The largest absolute Gasteiger partial charge is 0.348 e. The van der Waals surface area contributed by atoms with Crippen LogP contribution < -0.4 is 10.6 Å². The van der Waals surface area contributed by atoms with Crippen molar-refractivity contribution < 1.29 is 14.5 Å². The molecule has 0 heterocycles. The second kappa shape index (κ2) is 9.98. The Balaban J connectivity index is 1.68. The minimum absolute atomic E-state index is 0.0950. The summed E-state index contributed by atoms with van der Waals surface area (Å²) in [6, 6.07) is 20.6. The first-order valence-corrected chi connectivity index (χ1v) is 9.59. The maximum absolute atomic E-state index is 12.6. The number of hydrogen-bond acceptors (Lipinski definition) is 4. The number of nitro groups is 1. The van der Waals surface area contributed by atoms with Gasteiger partial charge in [-0.1, -0.05) is 54.1 Å². The average molecular weight is 415 g/mol. The van der Waals surface area contributed by atoms with Gasteiger partial charge in [0.1, 0.15) is 0 Å². The zero-order chi connectivity index (χ0) is 22.2. The van der Waals surface area contributed by atoms with Crippen LogP contribution in [0.25, 0.3) is 6.08 Å². The lowest BCUT2D eigenvalue weighted by molar-refractivity contribution is -0.385. The first-order valence-electron chi connectivity index (χ1n) is 9.59. The number of amides is 2. The van der Waals surface area contributed by atoms with E-state index < -0.39 is 10.8 Å². The van der Waals surface area contributed by atoms with Crippen molar-refractivity contribution in [1.82, 2.24) is 5.32 Å². The van der Waals surface area contributed by atoms with E-state index >= 15 is 0 Å². The molecule has 0 saturated heterocycles. The second-order valence-corrected chi connectivity index (χ2v) is 6.85. The molecule has 0 spiro atoms. The number of nitrogens with one attached hydrogen (secondary N) is 2. The third kappa shape index (κ3) is 5.86. The quantitative estimate of drug-likeness (QED) is 0.337. The number of carbonyl (C=O) groups is 2. The van der Waals surface area contributed by atoms with Gasteiger partial charge in [-0.15, -0.1) is 0 Å². The van der Waals surface area contributed by atoms with Crippen molar-refractivity contribution in [3.05, 3.63) is 111 Å². The minimum Gasteiger partial charge on any atom is -0.348 e. The highest BCUT2D eigenvalue weighted by Gasteiger charge is 2.13. The fourth-order valence-corrected chi connectivity index (χ4v) is 2.91. The second-order valence-electron chi connectivity index (χ2n) is 6.85. The highest BCUT2D eigenvalue weighted by molar-refractivity contribution is 6.07. The molecule has 0 fully saturated rings. The Kier molecular flexibility index (Phi) is 6.90. The molecule has 0 aliphatic rings. The van der Waals surface area contributed by atoms with Crippen LogP contribution in [0.2, 0.25) is 0 Å². The van der Waals surface area contributed by atoms with Crippen molar-refractivity contribution in [2.75, 3.05) is 5.32 Å². The van der Waals surface area contributed by atoms with Crippen molar-refractivity contribution in [3.8, 4) is 0 Å². The molecule has 0 radical (unpaired) electrons. The number of nitrogens with zero attached hydrogens (tertiary/aromatic N) is 1. The molecular weight excluding hydrogens is 394 g/mol. The lowest BCUT2D eigenvalue weighted by Gasteiger charge is -2.11. The number of para-hydroxylation sites is 2. The smallest absolute Gasteiger partial charge is 0.276 e. The van der Waals surface area contributed by atoms with Crippen molar-refractivity contribution in [1.29, 1.82) is 0 Å². The predicted molar refractivity (Wildman–Crippen MR) is 120 cm³/mol. The van der Waals surface area contributed by atoms with Crippen LogP contribution in [-0.2, 0) is 11.3 Å². The molecule has 156 valence electrons. The Bertz CT molecular complexity index is 1140. The van der Waals surface area contributed by atoms with E-state index in [9.17, 15) is 19.7 Å². The van der Waals surface area contributed by atoms with Crippen LogP contribution in [0.5, 0.6) is 0 Å². The predicted octanol–water partition coefficient (Wildman–Crippen LogP) is 4.49. The Morgan fingerprint density at radius 1 is 0.968 bits per heavy atom. The van der Waals surface area contributed by atoms with Crippen molar-refractivity contribution >= 4 is 29.3 Å². The summed E-state index contributed by atoms with van der Waals surface area (Å²) in [6.07, 6.45) is 2.57. The Morgan fingerprint density at radius 3 is 2.39 bits per heavy atom. The standard InChI is InChI=1S/C24H21N3O4/c1-17-10-12-18(13-11-17)16-25-24(29)20-7-3-4-8-21(20)26-23(28)15-14-19-6-2-5-9-22(19)27(30)31/h2-15H,16H2,1H3,(H,25,29)(H,26,28)/b15-14+. The third-order valence-corrected chi connectivity index (χ3v) is 4.55. The van der Waals surface area contributed by atoms with Gasteiger partial charge in [0.05, 0.1) is 21.7 Å². The normalized spacial score (nSPS) is 10.6. The summed E-state index contributed by atoms with van der Waals surface area (Å²) in [5.74, 6) is -0.823. The molecule has 0 saturated carbocycles. The van der Waals surface area contributed by atoms with E-state index in [0.29, 0.717) is 23.4 Å². The number of anilines is 1. The summed E-state index contributed by atoms with van der Waals surface area (Å²) < 4.78 is 0. The lowest BCUT2D eigenvalue weighted by atomic mass is 10.1. The van der Waals surface area contributed by atoms with E-state index in [1.807, 2.05) is 31.2 Å². The first-order chi connectivity index (χ1) is 14.9. The van der Waals surface area contributed by atoms with Crippen molar-refractivity contribution in [2.24, 2.45) is 0 Å². The molecule has 3 aromatic carbocycles. The molecular formula is C24H21N3O4. The molecule has 0 aliphatic heterocycles. The number of aryl methyl sites for hydroxylation is 1. The summed E-state index contributed by atoms with van der Waals surface area (Å²) in [7, 11) is 0. The lowest BCUT2D eigenvalue weighted by Crippen LogP contribution is -2.24. The molecule has 2 N–H and O–H groups in total. The topological polar surface area (TPSA) is 101 Å². The zero-order valence-corrected chi connectivity index (χ0v) is 16.9. The number of hydrogen-bond donors (Lipinski definition) is 2. The Labute approximate surface area is 179 Å². The van der Waals surface area contributed by atoms with Gasteiger partial charge in [0.15, 0.2) is 0 Å². The van der Waals surface area contributed by atoms with Gasteiger partial charge in [0, 0.05) is 18.7 Å². The van der Waals surface area contributed by atoms with Gasteiger partial charge < -0.3 is 10.6 Å². The summed E-state index contributed by atoms with van der Waals surface area (Å²) in [5, 5.41) is 16.6. The van der Waals surface area contributed by atoms with Gasteiger partial charge in [-0.3, -0.25) is 19.7 Å². The van der Waals surface area contributed by atoms with Crippen LogP contribution in [0.1, 0.15) is 27.0 Å². The van der Waals surface area contributed by atoms with Crippen molar-refractivity contribution in [3.63, 3.8) is 0 Å². The number of rotatable bonds is 7. The SMILES string of the molecule is Cc1ccc(CNC(=O)c2ccccc2NC(=O)/C=C/c2ccccc2[N+](=O)[O-])cc1. The molecule has 3 rings (SSSR count). The maximum atomic E-state index is 12.6. The third-order valence-electron chi connectivity index (χ3n) is 4.55. The summed E-state index contributed by atoms with van der Waals surface area (Å²) in [4.78, 5) is 35.6. The van der Waals surface area contributed by atoms with E-state index in [-0.39, 0.29) is 11.6 Å². The molecule has 7 heteroatoms.